The Morgan fingerprint density at radius 1 is 1.19 bits per heavy atom. The van der Waals surface area contributed by atoms with Gasteiger partial charge in [-0.25, -0.2) is 0 Å². The van der Waals surface area contributed by atoms with Crippen molar-refractivity contribution in [2.45, 2.75) is 45.6 Å². The molecule has 0 amide bonds. The van der Waals surface area contributed by atoms with Gasteiger partial charge in [-0.2, -0.15) is 18.3 Å². The van der Waals surface area contributed by atoms with E-state index in [1.807, 2.05) is 12.1 Å². The molecule has 116 valence electrons. The molecular weight excluding hydrogens is 299 g/mol. The van der Waals surface area contributed by atoms with Gasteiger partial charge < -0.3 is 5.32 Å². The number of hydrogen-bond acceptors (Lipinski definition) is 3. The van der Waals surface area contributed by atoms with E-state index >= 15 is 0 Å². The van der Waals surface area contributed by atoms with Crippen LogP contribution in [0.2, 0.25) is 0 Å². The minimum atomic E-state index is -4.34. The Balaban J connectivity index is 1.98. The predicted molar refractivity (Wildman–Crippen MR) is 77.2 cm³/mol. The molecule has 0 aliphatic carbocycles. The first kappa shape index (κ1) is 16.0. The second-order valence-electron chi connectivity index (χ2n) is 5.90. The third kappa shape index (κ3) is 4.86. The van der Waals surface area contributed by atoms with Crippen molar-refractivity contribution in [3.05, 3.63) is 39.8 Å². The Labute approximate surface area is 125 Å². The number of nitrogens with zero attached hydrogens (tertiary/aromatic N) is 2. The van der Waals surface area contributed by atoms with Gasteiger partial charge in [-0.3, -0.25) is 4.68 Å². The van der Waals surface area contributed by atoms with Crippen molar-refractivity contribution < 1.29 is 13.2 Å². The van der Waals surface area contributed by atoms with Gasteiger partial charge in [-0.05, 0) is 32.9 Å². The fourth-order valence-electron chi connectivity index (χ4n) is 1.71. The number of halogens is 3. The zero-order valence-corrected chi connectivity index (χ0v) is 13.0. The molecule has 0 saturated carbocycles. The van der Waals surface area contributed by atoms with Gasteiger partial charge in [-0.1, -0.05) is 0 Å². The summed E-state index contributed by atoms with van der Waals surface area (Å²) in [4.78, 5) is 2.14. The van der Waals surface area contributed by atoms with E-state index in [9.17, 15) is 13.2 Å². The highest BCUT2D eigenvalue weighted by atomic mass is 32.1. The Hall–Kier alpha value is -1.34. The van der Waals surface area contributed by atoms with Crippen molar-refractivity contribution >= 4 is 11.3 Å². The zero-order valence-electron chi connectivity index (χ0n) is 12.2. The average Bonchev–Trinajstić information content (AvgIpc) is 2.94. The molecule has 0 spiro atoms. The summed E-state index contributed by atoms with van der Waals surface area (Å²) >= 11 is 1.58. The molecule has 1 N–H and O–H groups in total. The summed E-state index contributed by atoms with van der Waals surface area (Å²) in [5.74, 6) is 0. The number of thiophene rings is 1. The first-order valence-corrected chi connectivity index (χ1v) is 7.37. The van der Waals surface area contributed by atoms with E-state index in [1.165, 1.54) is 4.68 Å². The fraction of sp³-hybridized carbons (Fsp3) is 0.500. The van der Waals surface area contributed by atoms with Crippen LogP contribution >= 0.6 is 11.3 Å². The molecule has 2 aromatic heterocycles. The van der Waals surface area contributed by atoms with Gasteiger partial charge in [0, 0.05) is 28.0 Å². The van der Waals surface area contributed by atoms with Crippen LogP contribution in [0.1, 0.15) is 36.1 Å². The van der Waals surface area contributed by atoms with Gasteiger partial charge in [0.1, 0.15) is 0 Å². The van der Waals surface area contributed by atoms with Crippen LogP contribution in [0.3, 0.4) is 0 Å². The quantitative estimate of drug-likeness (QED) is 0.927. The Bertz CT molecular complexity index is 593. The van der Waals surface area contributed by atoms with Crippen molar-refractivity contribution in [3.63, 3.8) is 0 Å². The first-order valence-electron chi connectivity index (χ1n) is 6.56. The van der Waals surface area contributed by atoms with Crippen molar-refractivity contribution in [1.29, 1.82) is 0 Å². The number of rotatable bonds is 4. The maximum absolute atomic E-state index is 12.5. The lowest BCUT2D eigenvalue weighted by molar-refractivity contribution is -0.137. The number of hydrogen-bond donors (Lipinski definition) is 1. The molecule has 0 aromatic carbocycles. The summed E-state index contributed by atoms with van der Waals surface area (Å²) in [7, 11) is 0. The molecule has 0 unspecified atom stereocenters. The third-order valence-corrected chi connectivity index (χ3v) is 3.86. The highest BCUT2D eigenvalue weighted by Crippen LogP contribution is 2.28. The average molecular weight is 317 g/mol. The fourth-order valence-corrected chi connectivity index (χ4v) is 2.66. The number of nitrogens with one attached hydrogen (secondary N) is 1. The SMILES string of the molecule is CC(C)(C)NCc1ccc(Cn2cc(C(F)(F)F)cn2)s1. The van der Waals surface area contributed by atoms with Gasteiger partial charge in [0.15, 0.2) is 0 Å². The van der Waals surface area contributed by atoms with Gasteiger partial charge >= 0.3 is 6.18 Å². The molecule has 2 aromatic rings. The minimum absolute atomic E-state index is 0.0355. The molecule has 0 radical (unpaired) electrons. The molecule has 0 aliphatic heterocycles. The van der Waals surface area contributed by atoms with Gasteiger partial charge in [0.05, 0.1) is 18.3 Å². The second-order valence-corrected chi connectivity index (χ2v) is 7.15. The van der Waals surface area contributed by atoms with Crippen LogP contribution in [0.5, 0.6) is 0 Å². The molecule has 2 heterocycles. The predicted octanol–water partition coefficient (Wildman–Crippen LogP) is 3.90. The molecule has 2 rings (SSSR count). The van der Waals surface area contributed by atoms with Crippen LogP contribution in [-0.4, -0.2) is 15.3 Å². The minimum Gasteiger partial charge on any atom is -0.307 e. The van der Waals surface area contributed by atoms with Gasteiger partial charge in [-0.15, -0.1) is 11.3 Å². The second kappa shape index (κ2) is 5.81. The summed E-state index contributed by atoms with van der Waals surface area (Å²) in [6.07, 6.45) is -2.45. The van der Waals surface area contributed by atoms with Crippen molar-refractivity contribution in [2.75, 3.05) is 0 Å². The first-order chi connectivity index (χ1) is 9.63. The lowest BCUT2D eigenvalue weighted by Crippen LogP contribution is -2.34. The van der Waals surface area contributed by atoms with Crippen LogP contribution in [0.15, 0.2) is 24.5 Å². The van der Waals surface area contributed by atoms with E-state index in [0.717, 1.165) is 28.7 Å². The topological polar surface area (TPSA) is 29.9 Å². The number of alkyl halides is 3. The van der Waals surface area contributed by atoms with Crippen LogP contribution < -0.4 is 5.32 Å². The molecule has 21 heavy (non-hydrogen) atoms. The lowest BCUT2D eigenvalue weighted by atomic mass is 10.1. The van der Waals surface area contributed by atoms with Crippen molar-refractivity contribution in [2.24, 2.45) is 0 Å². The third-order valence-electron chi connectivity index (χ3n) is 2.79. The van der Waals surface area contributed by atoms with E-state index in [4.69, 9.17) is 0 Å². The molecule has 0 aliphatic rings. The zero-order chi connectivity index (χ0) is 15.7. The molecule has 0 bridgehead atoms. The molecule has 7 heteroatoms. The Morgan fingerprint density at radius 2 is 1.86 bits per heavy atom. The largest absolute Gasteiger partial charge is 0.419 e. The summed E-state index contributed by atoms with van der Waals surface area (Å²) in [6, 6.07) is 3.92. The van der Waals surface area contributed by atoms with E-state index < -0.39 is 11.7 Å². The lowest BCUT2D eigenvalue weighted by Gasteiger charge is -2.19. The molecule has 3 nitrogen and oxygen atoms in total. The van der Waals surface area contributed by atoms with Crippen LogP contribution in [0.25, 0.3) is 0 Å². The van der Waals surface area contributed by atoms with E-state index in [2.05, 4.69) is 31.2 Å². The molecule has 0 fully saturated rings. The van der Waals surface area contributed by atoms with Crippen molar-refractivity contribution in [3.8, 4) is 0 Å². The summed E-state index contributed by atoms with van der Waals surface area (Å²) in [5.41, 5.74) is -0.679. The Kier molecular flexibility index (Phi) is 4.43. The van der Waals surface area contributed by atoms with E-state index in [1.54, 1.807) is 11.3 Å². The van der Waals surface area contributed by atoms with Crippen LogP contribution in [-0.2, 0) is 19.3 Å². The van der Waals surface area contributed by atoms with Gasteiger partial charge in [0.2, 0.25) is 0 Å². The highest BCUT2D eigenvalue weighted by Gasteiger charge is 2.32. The van der Waals surface area contributed by atoms with E-state index in [0.29, 0.717) is 6.54 Å². The summed E-state index contributed by atoms with van der Waals surface area (Å²) < 4.78 is 38.8. The maximum Gasteiger partial charge on any atom is 0.419 e. The summed E-state index contributed by atoms with van der Waals surface area (Å²) in [6.45, 7) is 7.37. The summed E-state index contributed by atoms with van der Waals surface area (Å²) in [5, 5.41) is 7.14. The molecule has 0 saturated heterocycles. The van der Waals surface area contributed by atoms with Crippen LogP contribution in [0.4, 0.5) is 13.2 Å². The monoisotopic (exact) mass is 317 g/mol. The van der Waals surface area contributed by atoms with Crippen LogP contribution in [0, 0.1) is 0 Å². The molecular formula is C14H18F3N3S. The molecule has 0 atom stereocenters. The van der Waals surface area contributed by atoms with Crippen molar-refractivity contribution in [1.82, 2.24) is 15.1 Å². The highest BCUT2D eigenvalue weighted by molar-refractivity contribution is 7.11. The van der Waals surface area contributed by atoms with E-state index in [-0.39, 0.29) is 5.54 Å². The van der Waals surface area contributed by atoms with Gasteiger partial charge in [0.25, 0.3) is 0 Å². The standard InChI is InChI=1S/C14H18F3N3S/c1-13(2,3)18-7-11-4-5-12(21-11)9-20-8-10(6-19-20)14(15,16)17/h4-6,8,18H,7,9H2,1-3H3. The smallest absolute Gasteiger partial charge is 0.307 e. The number of aromatic nitrogens is 2. The Morgan fingerprint density at radius 3 is 2.43 bits per heavy atom. The maximum atomic E-state index is 12.5. The normalized spacial score (nSPS) is 12.9.